The van der Waals surface area contributed by atoms with Crippen molar-refractivity contribution >= 4 is 34.2 Å². The molecule has 2 amide bonds. The molecule has 0 bridgehead atoms. The van der Waals surface area contributed by atoms with Crippen molar-refractivity contribution in [2.75, 3.05) is 30.8 Å². The Hall–Kier alpha value is -4.30. The van der Waals surface area contributed by atoms with Crippen LogP contribution in [-0.4, -0.2) is 36.6 Å². The van der Waals surface area contributed by atoms with E-state index in [1.165, 1.54) is 5.06 Å². The van der Waals surface area contributed by atoms with E-state index in [1.807, 2.05) is 18.2 Å². The Labute approximate surface area is 196 Å². The number of anilines is 2. The Balaban J connectivity index is 1.33. The Kier molecular flexibility index (Phi) is 7.10. The Bertz CT molecular complexity index is 1250. The lowest BCUT2D eigenvalue weighted by Gasteiger charge is -2.20. The smallest absolute Gasteiger partial charge is 0.313 e. The Morgan fingerprint density at radius 3 is 2.47 bits per heavy atom. The number of rotatable bonds is 9. The largest absolute Gasteiger partial charge is 0.492 e. The zero-order valence-electron chi connectivity index (χ0n) is 18.7. The maximum absolute atomic E-state index is 12.8. The van der Waals surface area contributed by atoms with Crippen LogP contribution in [0.3, 0.4) is 0 Å². The molecule has 0 saturated heterocycles. The van der Waals surface area contributed by atoms with Crippen molar-refractivity contribution in [1.29, 1.82) is 0 Å². The molecule has 0 aliphatic rings. The number of carbonyl (C=O) groups excluding carboxylic acids is 2. The van der Waals surface area contributed by atoms with E-state index in [4.69, 9.17) is 19.7 Å². The summed E-state index contributed by atoms with van der Waals surface area (Å²) in [6.07, 6.45) is 0. The van der Waals surface area contributed by atoms with Crippen LogP contribution >= 0.6 is 0 Å². The van der Waals surface area contributed by atoms with Crippen molar-refractivity contribution in [3.63, 3.8) is 0 Å². The lowest BCUT2D eigenvalue weighted by atomic mass is 10.2. The molecule has 0 saturated carbocycles. The fourth-order valence-corrected chi connectivity index (χ4v) is 3.35. The van der Waals surface area contributed by atoms with E-state index >= 15 is 0 Å². The van der Waals surface area contributed by atoms with Gasteiger partial charge in [-0.2, -0.15) is 0 Å². The summed E-state index contributed by atoms with van der Waals surface area (Å²) < 4.78 is 11.4. The van der Waals surface area contributed by atoms with Gasteiger partial charge in [-0.1, -0.05) is 30.3 Å². The second kappa shape index (κ2) is 10.5. The first-order chi connectivity index (χ1) is 16.5. The highest BCUT2D eigenvalue weighted by Crippen LogP contribution is 2.21. The molecule has 174 valence electrons. The predicted molar refractivity (Wildman–Crippen MR) is 130 cm³/mol. The van der Waals surface area contributed by atoms with E-state index < -0.39 is 0 Å². The van der Waals surface area contributed by atoms with Gasteiger partial charge in [-0.15, -0.1) is 0 Å². The molecule has 0 atom stereocenters. The average Bonchev–Trinajstić information content (AvgIpc) is 3.29. The van der Waals surface area contributed by atoms with Crippen LogP contribution in [0.25, 0.3) is 11.0 Å². The molecule has 34 heavy (non-hydrogen) atoms. The molecule has 3 aromatic carbocycles. The maximum Gasteiger partial charge on any atom is 0.313 e. The Morgan fingerprint density at radius 1 is 1.00 bits per heavy atom. The summed E-state index contributed by atoms with van der Waals surface area (Å²) in [5.74, 6) is 0.102. The minimum atomic E-state index is -0.381. The highest BCUT2D eigenvalue weighted by molar-refractivity contribution is 6.05. The van der Waals surface area contributed by atoms with E-state index in [0.29, 0.717) is 34.9 Å². The molecule has 0 spiro atoms. The predicted octanol–water partition coefficient (Wildman–Crippen LogP) is 4.74. The molecule has 0 radical (unpaired) electrons. The number of amides is 2. The van der Waals surface area contributed by atoms with Crippen LogP contribution in [0.4, 0.5) is 11.4 Å². The molecule has 1 aromatic heterocycles. The number of para-hydroxylation sites is 3. The van der Waals surface area contributed by atoms with E-state index in [0.717, 1.165) is 5.39 Å². The van der Waals surface area contributed by atoms with Crippen LogP contribution in [0.5, 0.6) is 5.75 Å². The number of carbonyl (C=O) groups is 2. The van der Waals surface area contributed by atoms with Crippen LogP contribution in [0.1, 0.15) is 27.8 Å². The number of furan rings is 1. The molecule has 8 heteroatoms. The average molecular weight is 460 g/mol. The highest BCUT2D eigenvalue weighted by Gasteiger charge is 2.21. The van der Waals surface area contributed by atoms with Crippen molar-refractivity contribution in [3.8, 4) is 5.75 Å². The third-order valence-corrected chi connectivity index (χ3v) is 5.04. The molecular formula is C26H25N3O5. The summed E-state index contributed by atoms with van der Waals surface area (Å²) in [7, 11) is 0. The van der Waals surface area contributed by atoms with Gasteiger partial charge in [0.1, 0.15) is 17.9 Å². The van der Waals surface area contributed by atoms with Gasteiger partial charge < -0.3 is 20.2 Å². The van der Waals surface area contributed by atoms with E-state index in [2.05, 4.69) is 5.32 Å². The first kappa shape index (κ1) is 22.9. The van der Waals surface area contributed by atoms with Crippen molar-refractivity contribution < 1.29 is 23.6 Å². The zero-order chi connectivity index (χ0) is 23.9. The quantitative estimate of drug-likeness (QED) is 0.277. The fourth-order valence-electron chi connectivity index (χ4n) is 3.35. The number of ether oxygens (including phenoxy) is 1. The summed E-state index contributed by atoms with van der Waals surface area (Å²) in [5, 5.41) is 4.85. The van der Waals surface area contributed by atoms with Gasteiger partial charge in [0.25, 0.3) is 5.91 Å². The van der Waals surface area contributed by atoms with Crippen LogP contribution in [0.2, 0.25) is 0 Å². The second-order valence-electron chi connectivity index (χ2n) is 7.39. The number of benzene rings is 3. The van der Waals surface area contributed by atoms with E-state index in [-0.39, 0.29) is 30.7 Å². The van der Waals surface area contributed by atoms with Crippen LogP contribution in [0.15, 0.2) is 83.3 Å². The molecular weight excluding hydrogens is 434 g/mol. The topological polar surface area (TPSA) is 107 Å². The van der Waals surface area contributed by atoms with Gasteiger partial charge >= 0.3 is 5.91 Å². The van der Waals surface area contributed by atoms with Crippen molar-refractivity contribution in [3.05, 3.63) is 90.2 Å². The monoisotopic (exact) mass is 459 g/mol. The minimum absolute atomic E-state index is 0.193. The van der Waals surface area contributed by atoms with Gasteiger partial charge in [0.15, 0.2) is 5.76 Å². The summed E-state index contributed by atoms with van der Waals surface area (Å²) in [6.45, 7) is 2.51. The van der Waals surface area contributed by atoms with Gasteiger partial charge in [0.05, 0.1) is 24.5 Å². The van der Waals surface area contributed by atoms with Crippen molar-refractivity contribution in [2.24, 2.45) is 0 Å². The number of hydrogen-bond donors (Lipinski definition) is 2. The first-order valence-corrected chi connectivity index (χ1v) is 10.9. The number of nitrogens with zero attached hydrogens (tertiary/aromatic N) is 1. The zero-order valence-corrected chi connectivity index (χ0v) is 18.7. The molecule has 3 N–H and O–H groups in total. The van der Waals surface area contributed by atoms with Gasteiger partial charge in [-0.25, -0.2) is 5.06 Å². The SMILES string of the molecule is CCON(CCOc1ccc(C(=O)Nc2ccccc2N)cc1)C(=O)c1cc2ccccc2o1. The number of nitrogen functional groups attached to an aromatic ring is 1. The van der Waals surface area contributed by atoms with Gasteiger partial charge in [-0.3, -0.25) is 14.4 Å². The van der Waals surface area contributed by atoms with Gasteiger partial charge in [-0.05, 0) is 55.5 Å². The standard InChI is InChI=1S/C26H25N3O5/c1-2-33-29(26(31)24-17-19-7-3-6-10-23(19)34-24)15-16-32-20-13-11-18(12-14-20)25(30)28-22-9-5-4-8-21(22)27/h3-14,17H,2,15-16,27H2,1H3,(H,28,30). The molecule has 0 aliphatic heterocycles. The molecule has 1 heterocycles. The molecule has 8 nitrogen and oxygen atoms in total. The highest BCUT2D eigenvalue weighted by atomic mass is 16.7. The lowest BCUT2D eigenvalue weighted by molar-refractivity contribution is -0.123. The van der Waals surface area contributed by atoms with Gasteiger partial charge in [0, 0.05) is 10.9 Å². The van der Waals surface area contributed by atoms with Crippen molar-refractivity contribution in [2.45, 2.75) is 6.92 Å². The van der Waals surface area contributed by atoms with Crippen LogP contribution < -0.4 is 15.8 Å². The van der Waals surface area contributed by atoms with E-state index in [1.54, 1.807) is 67.6 Å². The van der Waals surface area contributed by atoms with Crippen LogP contribution in [-0.2, 0) is 4.84 Å². The lowest BCUT2D eigenvalue weighted by Crippen LogP contribution is -2.34. The van der Waals surface area contributed by atoms with Crippen LogP contribution in [0, 0.1) is 0 Å². The maximum atomic E-state index is 12.8. The minimum Gasteiger partial charge on any atom is -0.492 e. The first-order valence-electron chi connectivity index (χ1n) is 10.9. The summed E-state index contributed by atoms with van der Waals surface area (Å²) in [6, 6.07) is 22.9. The number of hydroxylamine groups is 2. The third-order valence-electron chi connectivity index (χ3n) is 5.04. The van der Waals surface area contributed by atoms with Crippen molar-refractivity contribution in [1.82, 2.24) is 5.06 Å². The molecule has 0 fully saturated rings. The normalized spacial score (nSPS) is 10.7. The molecule has 0 aliphatic carbocycles. The van der Waals surface area contributed by atoms with Gasteiger partial charge in [0.2, 0.25) is 0 Å². The number of nitrogens with one attached hydrogen (secondary N) is 1. The Morgan fingerprint density at radius 2 is 1.74 bits per heavy atom. The molecule has 4 rings (SSSR count). The summed E-state index contributed by atoms with van der Waals surface area (Å²) >= 11 is 0. The number of fused-ring (bicyclic) bond motifs is 1. The number of hydrogen-bond acceptors (Lipinski definition) is 6. The third kappa shape index (κ3) is 5.36. The summed E-state index contributed by atoms with van der Waals surface area (Å²) in [4.78, 5) is 30.8. The fraction of sp³-hybridized carbons (Fsp3) is 0.154. The second-order valence-corrected chi connectivity index (χ2v) is 7.39. The van der Waals surface area contributed by atoms with E-state index in [9.17, 15) is 9.59 Å². The summed E-state index contributed by atoms with van der Waals surface area (Å²) in [5.41, 5.74) is 8.02. The molecule has 4 aromatic rings. The number of nitrogens with two attached hydrogens (primary N) is 1. The molecule has 0 unspecified atom stereocenters.